The van der Waals surface area contributed by atoms with E-state index in [1.807, 2.05) is 27.7 Å². The van der Waals surface area contributed by atoms with E-state index >= 15 is 0 Å². The van der Waals surface area contributed by atoms with E-state index in [-0.39, 0.29) is 18.6 Å². The summed E-state index contributed by atoms with van der Waals surface area (Å²) in [5.74, 6) is 0.929. The molecule has 0 bridgehead atoms. The van der Waals surface area contributed by atoms with Gasteiger partial charge < -0.3 is 14.6 Å². The highest BCUT2D eigenvalue weighted by molar-refractivity contribution is 7.85. The Bertz CT molecular complexity index is 662. The minimum atomic E-state index is -3.77. The molecule has 0 aliphatic rings. The summed E-state index contributed by atoms with van der Waals surface area (Å²) in [6, 6.07) is 4.88. The summed E-state index contributed by atoms with van der Waals surface area (Å²) in [7, 11) is -3.77. The van der Waals surface area contributed by atoms with Crippen LogP contribution in [0.5, 0.6) is 11.5 Å². The largest absolute Gasteiger partial charge is 0.491 e. The molecular formula is C17H26Cl2O6S. The van der Waals surface area contributed by atoms with E-state index in [4.69, 9.17) is 36.9 Å². The van der Waals surface area contributed by atoms with Crippen LogP contribution >= 0.6 is 23.2 Å². The molecule has 0 aliphatic carbocycles. The van der Waals surface area contributed by atoms with E-state index in [9.17, 15) is 13.5 Å². The Morgan fingerprint density at radius 2 is 1.50 bits per heavy atom. The van der Waals surface area contributed by atoms with E-state index < -0.39 is 27.2 Å². The number of halogens is 2. The topological polar surface area (TPSA) is 82.1 Å². The van der Waals surface area contributed by atoms with Crippen LogP contribution in [0.3, 0.4) is 0 Å². The van der Waals surface area contributed by atoms with Crippen LogP contribution in [0.25, 0.3) is 0 Å². The average Bonchev–Trinajstić information content (AvgIpc) is 2.42. The van der Waals surface area contributed by atoms with Crippen molar-refractivity contribution in [1.82, 2.24) is 0 Å². The smallest absolute Gasteiger partial charge is 0.264 e. The summed E-state index contributed by atoms with van der Waals surface area (Å²) >= 11 is 11.7. The Hall–Kier alpha value is -0.730. The first-order valence-electron chi connectivity index (χ1n) is 8.14. The molecule has 1 N–H and O–H groups in total. The number of hydrogen-bond acceptors (Lipinski definition) is 6. The van der Waals surface area contributed by atoms with Crippen molar-refractivity contribution in [2.24, 2.45) is 0 Å². The number of hydrogen-bond donors (Lipinski definition) is 1. The zero-order valence-electron chi connectivity index (χ0n) is 15.5. The maximum absolute atomic E-state index is 11.4. The van der Waals surface area contributed by atoms with Crippen molar-refractivity contribution >= 4 is 33.3 Å². The van der Waals surface area contributed by atoms with Gasteiger partial charge in [-0.2, -0.15) is 8.42 Å². The van der Waals surface area contributed by atoms with Gasteiger partial charge in [0.15, 0.2) is 0 Å². The van der Waals surface area contributed by atoms with Gasteiger partial charge in [0, 0.05) is 12.5 Å². The number of aliphatic hydroxyl groups is 1. The third-order valence-electron chi connectivity index (χ3n) is 3.16. The summed E-state index contributed by atoms with van der Waals surface area (Å²) in [6.45, 7) is 6.92. The van der Waals surface area contributed by atoms with Crippen molar-refractivity contribution < 1.29 is 27.2 Å². The van der Waals surface area contributed by atoms with Crippen LogP contribution in [0.15, 0.2) is 18.2 Å². The number of alkyl halides is 2. The lowest BCUT2D eigenvalue weighted by Gasteiger charge is -2.29. The fourth-order valence-electron chi connectivity index (χ4n) is 2.24. The molecule has 0 fully saturated rings. The Kier molecular flexibility index (Phi) is 8.48. The summed E-state index contributed by atoms with van der Waals surface area (Å²) in [6.07, 6.45) is 0.549. The Morgan fingerprint density at radius 3 is 1.85 bits per heavy atom. The Balaban J connectivity index is 3.36. The molecular weight excluding hydrogens is 403 g/mol. The van der Waals surface area contributed by atoms with Crippen LogP contribution in [0, 0.1) is 0 Å². The second kappa shape index (κ2) is 9.46. The predicted molar refractivity (Wildman–Crippen MR) is 103 cm³/mol. The van der Waals surface area contributed by atoms with Crippen molar-refractivity contribution in [1.29, 1.82) is 0 Å². The van der Waals surface area contributed by atoms with E-state index in [2.05, 4.69) is 0 Å². The zero-order valence-corrected chi connectivity index (χ0v) is 17.9. The number of rotatable bonds is 10. The molecule has 1 atom stereocenters. The van der Waals surface area contributed by atoms with E-state index in [1.54, 1.807) is 18.2 Å². The molecule has 9 heteroatoms. The van der Waals surface area contributed by atoms with Crippen LogP contribution in [0.2, 0.25) is 0 Å². The first kappa shape index (κ1) is 23.3. The fraction of sp³-hybridized carbons (Fsp3) is 0.647. The van der Waals surface area contributed by atoms with Crippen molar-refractivity contribution in [2.45, 2.75) is 56.8 Å². The molecule has 0 aliphatic heterocycles. The third kappa shape index (κ3) is 8.31. The molecule has 26 heavy (non-hydrogen) atoms. The standard InChI is InChI=1S/C17H26Cl2O6S/c1-11(2)24-14-6-13(7-15(8-14)25-12(3)4)17(20,9-16(18)19)10-23-26(5,21)22/h6-8,11-12,16,20H,9-10H2,1-5H3. The molecule has 1 aromatic carbocycles. The van der Waals surface area contributed by atoms with E-state index in [0.717, 1.165) is 6.26 Å². The summed E-state index contributed by atoms with van der Waals surface area (Å²) in [4.78, 5) is -0.938. The van der Waals surface area contributed by atoms with E-state index in [0.29, 0.717) is 17.1 Å². The molecule has 0 radical (unpaired) electrons. The molecule has 1 aromatic rings. The molecule has 6 nitrogen and oxygen atoms in total. The van der Waals surface area contributed by atoms with Crippen LogP contribution < -0.4 is 9.47 Å². The van der Waals surface area contributed by atoms with Gasteiger partial charge in [-0.05, 0) is 45.4 Å². The molecule has 0 heterocycles. The third-order valence-corrected chi connectivity index (χ3v) is 4.02. The lowest BCUT2D eigenvalue weighted by Crippen LogP contribution is -2.34. The SMILES string of the molecule is CC(C)Oc1cc(OC(C)C)cc(C(O)(COS(C)(=O)=O)CC(Cl)Cl)c1. The van der Waals surface area contributed by atoms with Gasteiger partial charge >= 0.3 is 0 Å². The van der Waals surface area contributed by atoms with E-state index in [1.165, 1.54) is 0 Å². The second-order valence-electron chi connectivity index (χ2n) is 6.62. The van der Waals surface area contributed by atoms with Gasteiger partial charge in [-0.25, -0.2) is 0 Å². The highest BCUT2D eigenvalue weighted by Gasteiger charge is 2.34. The first-order chi connectivity index (χ1) is 11.8. The molecule has 1 rings (SSSR count). The Morgan fingerprint density at radius 1 is 1.04 bits per heavy atom. The highest BCUT2D eigenvalue weighted by Crippen LogP contribution is 2.36. The molecule has 0 aromatic heterocycles. The molecule has 0 spiro atoms. The van der Waals surface area contributed by atoms with Crippen LogP contribution in [-0.4, -0.2) is 43.4 Å². The van der Waals surface area contributed by atoms with Gasteiger partial charge in [-0.15, -0.1) is 23.2 Å². The summed E-state index contributed by atoms with van der Waals surface area (Å²) in [5, 5.41) is 11.1. The molecule has 1 unspecified atom stereocenters. The number of benzene rings is 1. The van der Waals surface area contributed by atoms with Gasteiger partial charge in [-0.1, -0.05) is 0 Å². The molecule has 0 amide bonds. The minimum absolute atomic E-state index is 0.105. The van der Waals surface area contributed by atoms with Gasteiger partial charge in [0.1, 0.15) is 21.9 Å². The van der Waals surface area contributed by atoms with Crippen molar-refractivity contribution in [2.75, 3.05) is 12.9 Å². The molecule has 150 valence electrons. The molecule has 0 saturated carbocycles. The van der Waals surface area contributed by atoms with Crippen LogP contribution in [-0.2, 0) is 19.9 Å². The van der Waals surface area contributed by atoms with Crippen molar-refractivity contribution in [3.8, 4) is 11.5 Å². The molecule has 0 saturated heterocycles. The maximum Gasteiger partial charge on any atom is 0.264 e. The highest BCUT2D eigenvalue weighted by atomic mass is 35.5. The van der Waals surface area contributed by atoms with Gasteiger partial charge in [0.25, 0.3) is 10.1 Å². The summed E-state index contributed by atoms with van der Waals surface area (Å²) < 4.78 is 39.0. The monoisotopic (exact) mass is 428 g/mol. The van der Waals surface area contributed by atoms with Crippen molar-refractivity contribution in [3.63, 3.8) is 0 Å². The second-order valence-corrected chi connectivity index (χ2v) is 9.54. The Labute approximate surface area is 165 Å². The average molecular weight is 429 g/mol. The van der Waals surface area contributed by atoms with Crippen LogP contribution in [0.4, 0.5) is 0 Å². The first-order valence-corrected chi connectivity index (χ1v) is 10.8. The quantitative estimate of drug-likeness (QED) is 0.452. The number of ether oxygens (including phenoxy) is 2. The zero-order chi connectivity index (χ0) is 20.1. The summed E-state index contributed by atoms with van der Waals surface area (Å²) in [5.41, 5.74) is -1.41. The van der Waals surface area contributed by atoms with Gasteiger partial charge in [-0.3, -0.25) is 4.18 Å². The minimum Gasteiger partial charge on any atom is -0.491 e. The van der Waals surface area contributed by atoms with Gasteiger partial charge in [0.2, 0.25) is 0 Å². The normalized spacial score (nSPS) is 14.7. The van der Waals surface area contributed by atoms with Crippen LogP contribution in [0.1, 0.15) is 39.7 Å². The lowest BCUT2D eigenvalue weighted by molar-refractivity contribution is -0.0123. The fourth-order valence-corrected chi connectivity index (χ4v) is 3.16. The van der Waals surface area contributed by atoms with Crippen molar-refractivity contribution in [3.05, 3.63) is 23.8 Å². The predicted octanol–water partition coefficient (Wildman–Crippen LogP) is 3.62. The van der Waals surface area contributed by atoms with Gasteiger partial charge in [0.05, 0.1) is 25.1 Å². The lowest BCUT2D eigenvalue weighted by atomic mass is 9.91. The maximum atomic E-state index is 11.4.